The zero-order valence-corrected chi connectivity index (χ0v) is 14.1. The van der Waals surface area contributed by atoms with Crippen LogP contribution in [0.3, 0.4) is 0 Å². The molecule has 0 aromatic carbocycles. The van der Waals surface area contributed by atoms with Gasteiger partial charge in [-0.25, -0.2) is 4.98 Å². The number of amides is 1. The lowest BCUT2D eigenvalue weighted by atomic mass is 9.99. The first-order chi connectivity index (χ1) is 12.1. The number of hydrogen-bond acceptors (Lipinski definition) is 6. The Morgan fingerprint density at radius 2 is 1.96 bits per heavy atom. The number of piperazine rings is 1. The molecule has 3 rings (SSSR count). The SMILES string of the molecule is N#Cc1ccc(N2CCN(C(=O)CC3CCC(CO)C3=O)CC2)nc1. The Labute approximate surface area is 146 Å². The first-order valence-electron chi connectivity index (χ1n) is 8.66. The molecule has 1 saturated carbocycles. The summed E-state index contributed by atoms with van der Waals surface area (Å²) in [5.74, 6) is 0.350. The van der Waals surface area contributed by atoms with Crippen LogP contribution in [0.2, 0.25) is 0 Å². The van der Waals surface area contributed by atoms with Gasteiger partial charge in [-0.1, -0.05) is 0 Å². The van der Waals surface area contributed by atoms with Crippen molar-refractivity contribution in [2.75, 3.05) is 37.7 Å². The van der Waals surface area contributed by atoms with Crippen molar-refractivity contribution in [2.45, 2.75) is 19.3 Å². The van der Waals surface area contributed by atoms with E-state index in [0.717, 1.165) is 5.82 Å². The van der Waals surface area contributed by atoms with Crippen LogP contribution in [-0.4, -0.2) is 59.5 Å². The molecule has 7 nitrogen and oxygen atoms in total. The largest absolute Gasteiger partial charge is 0.396 e. The van der Waals surface area contributed by atoms with Crippen molar-refractivity contribution in [3.05, 3.63) is 23.9 Å². The second-order valence-corrected chi connectivity index (χ2v) is 6.64. The van der Waals surface area contributed by atoms with Crippen molar-refractivity contribution in [1.29, 1.82) is 5.26 Å². The average molecular weight is 342 g/mol. The summed E-state index contributed by atoms with van der Waals surface area (Å²) in [4.78, 5) is 32.7. The number of rotatable bonds is 4. The first-order valence-corrected chi connectivity index (χ1v) is 8.66. The lowest BCUT2D eigenvalue weighted by Gasteiger charge is -2.35. The maximum Gasteiger partial charge on any atom is 0.223 e. The van der Waals surface area contributed by atoms with Crippen LogP contribution in [0, 0.1) is 23.2 Å². The van der Waals surface area contributed by atoms with Crippen molar-refractivity contribution in [1.82, 2.24) is 9.88 Å². The fraction of sp³-hybridized carbons (Fsp3) is 0.556. The predicted octanol–water partition coefficient (Wildman–Crippen LogP) is 0.580. The van der Waals surface area contributed by atoms with Gasteiger partial charge in [-0.2, -0.15) is 5.26 Å². The van der Waals surface area contributed by atoms with E-state index in [1.807, 2.05) is 12.1 Å². The third-order valence-electron chi connectivity index (χ3n) is 5.14. The van der Waals surface area contributed by atoms with Crippen LogP contribution >= 0.6 is 0 Å². The van der Waals surface area contributed by atoms with Gasteiger partial charge in [0.25, 0.3) is 0 Å². The molecule has 7 heteroatoms. The van der Waals surface area contributed by atoms with Crippen molar-refractivity contribution < 1.29 is 14.7 Å². The van der Waals surface area contributed by atoms with Crippen LogP contribution in [0.15, 0.2) is 18.3 Å². The highest BCUT2D eigenvalue weighted by molar-refractivity contribution is 5.90. The van der Waals surface area contributed by atoms with Crippen LogP contribution in [0.5, 0.6) is 0 Å². The third-order valence-corrected chi connectivity index (χ3v) is 5.14. The second-order valence-electron chi connectivity index (χ2n) is 6.64. The summed E-state index contributed by atoms with van der Waals surface area (Å²) in [7, 11) is 0. The Kier molecular flexibility index (Phi) is 5.29. The van der Waals surface area contributed by atoms with Gasteiger partial charge in [-0.15, -0.1) is 0 Å². The van der Waals surface area contributed by atoms with Crippen molar-refractivity contribution in [2.24, 2.45) is 11.8 Å². The highest BCUT2D eigenvalue weighted by Crippen LogP contribution is 2.30. The Morgan fingerprint density at radius 3 is 2.52 bits per heavy atom. The van der Waals surface area contributed by atoms with Gasteiger partial charge >= 0.3 is 0 Å². The molecule has 0 radical (unpaired) electrons. The molecule has 25 heavy (non-hydrogen) atoms. The number of pyridine rings is 1. The van der Waals surface area contributed by atoms with Gasteiger partial charge in [-0.05, 0) is 25.0 Å². The molecule has 2 atom stereocenters. The highest BCUT2D eigenvalue weighted by Gasteiger charge is 2.36. The maximum absolute atomic E-state index is 12.5. The van der Waals surface area contributed by atoms with E-state index in [-0.39, 0.29) is 36.6 Å². The number of nitrogens with zero attached hydrogens (tertiary/aromatic N) is 4. The molecular formula is C18H22N4O3. The van der Waals surface area contributed by atoms with Gasteiger partial charge in [0.15, 0.2) is 0 Å². The molecule has 1 aromatic heterocycles. The lowest BCUT2D eigenvalue weighted by molar-refractivity contribution is -0.136. The van der Waals surface area contributed by atoms with Crippen LogP contribution in [0.25, 0.3) is 0 Å². The molecule has 2 unspecified atom stereocenters. The summed E-state index contributed by atoms with van der Waals surface area (Å²) in [5.41, 5.74) is 0.528. The molecule has 2 aliphatic rings. The molecule has 1 aliphatic heterocycles. The molecule has 1 aromatic rings. The second kappa shape index (κ2) is 7.62. The van der Waals surface area contributed by atoms with Gasteiger partial charge in [0.05, 0.1) is 12.2 Å². The van der Waals surface area contributed by atoms with E-state index in [4.69, 9.17) is 10.4 Å². The molecule has 132 valence electrons. The van der Waals surface area contributed by atoms with Crippen LogP contribution < -0.4 is 4.90 Å². The number of aliphatic hydroxyl groups is 1. The van der Waals surface area contributed by atoms with Gasteiger partial charge < -0.3 is 14.9 Å². The fourth-order valence-electron chi connectivity index (χ4n) is 3.57. The van der Waals surface area contributed by atoms with Gasteiger partial charge in [0.1, 0.15) is 17.7 Å². The molecule has 1 N–H and O–H groups in total. The fourth-order valence-corrected chi connectivity index (χ4v) is 3.57. The third kappa shape index (κ3) is 3.80. The summed E-state index contributed by atoms with van der Waals surface area (Å²) >= 11 is 0. The summed E-state index contributed by atoms with van der Waals surface area (Å²) in [6.07, 6.45) is 3.19. The monoisotopic (exact) mass is 342 g/mol. The zero-order valence-electron chi connectivity index (χ0n) is 14.1. The molecule has 1 saturated heterocycles. The average Bonchev–Trinajstić information content (AvgIpc) is 3.01. The first kappa shape index (κ1) is 17.4. The predicted molar refractivity (Wildman–Crippen MR) is 90.7 cm³/mol. The minimum absolute atomic E-state index is 0.0179. The number of Topliss-reactive ketones (excluding diaryl/α,β-unsaturated/α-hetero) is 1. The number of aliphatic hydroxyl groups excluding tert-OH is 1. The number of nitriles is 1. The standard InChI is InChI=1S/C18H22N4O3/c19-10-13-1-4-16(20-11-13)21-5-7-22(8-6-21)17(24)9-14-2-3-15(12-23)18(14)25/h1,4,11,14-15,23H,2-3,5-9,12H2. The number of ketones is 1. The zero-order chi connectivity index (χ0) is 17.8. The number of carbonyl (C=O) groups excluding carboxylic acids is 2. The number of hydrogen-bond donors (Lipinski definition) is 1. The molecule has 1 amide bonds. The molecule has 2 heterocycles. The highest BCUT2D eigenvalue weighted by atomic mass is 16.3. The topological polar surface area (TPSA) is 97.5 Å². The Balaban J connectivity index is 1.51. The summed E-state index contributed by atoms with van der Waals surface area (Å²) in [6, 6.07) is 5.61. The minimum atomic E-state index is -0.280. The van der Waals surface area contributed by atoms with E-state index in [9.17, 15) is 9.59 Å². The van der Waals surface area contributed by atoms with Crippen molar-refractivity contribution in [3.8, 4) is 6.07 Å². The molecular weight excluding hydrogens is 320 g/mol. The van der Waals surface area contributed by atoms with Gasteiger partial charge in [-0.3, -0.25) is 9.59 Å². The van der Waals surface area contributed by atoms with Crippen LogP contribution in [-0.2, 0) is 9.59 Å². The van der Waals surface area contributed by atoms with Gasteiger partial charge in [0, 0.05) is 50.6 Å². The van der Waals surface area contributed by atoms with E-state index in [1.165, 1.54) is 0 Å². The molecule has 1 aliphatic carbocycles. The van der Waals surface area contributed by atoms with Crippen LogP contribution in [0.4, 0.5) is 5.82 Å². The van der Waals surface area contributed by atoms with Crippen molar-refractivity contribution in [3.63, 3.8) is 0 Å². The normalized spacial score (nSPS) is 23.6. The van der Waals surface area contributed by atoms with E-state index in [0.29, 0.717) is 44.6 Å². The Hall–Kier alpha value is -2.46. The lowest BCUT2D eigenvalue weighted by Crippen LogP contribution is -2.49. The van der Waals surface area contributed by atoms with E-state index < -0.39 is 0 Å². The minimum Gasteiger partial charge on any atom is -0.396 e. The Bertz CT molecular complexity index is 675. The maximum atomic E-state index is 12.5. The van der Waals surface area contributed by atoms with Crippen molar-refractivity contribution >= 4 is 17.5 Å². The number of aromatic nitrogens is 1. The number of carbonyl (C=O) groups is 2. The quantitative estimate of drug-likeness (QED) is 0.859. The smallest absolute Gasteiger partial charge is 0.223 e. The van der Waals surface area contributed by atoms with E-state index >= 15 is 0 Å². The van der Waals surface area contributed by atoms with E-state index in [2.05, 4.69) is 9.88 Å². The summed E-state index contributed by atoms with van der Waals surface area (Å²) in [6.45, 7) is 2.46. The van der Waals surface area contributed by atoms with Crippen LogP contribution in [0.1, 0.15) is 24.8 Å². The molecule has 0 bridgehead atoms. The molecule has 0 spiro atoms. The number of anilines is 1. The van der Waals surface area contributed by atoms with Gasteiger partial charge in [0.2, 0.25) is 5.91 Å². The summed E-state index contributed by atoms with van der Waals surface area (Å²) < 4.78 is 0. The Morgan fingerprint density at radius 1 is 1.24 bits per heavy atom. The summed E-state index contributed by atoms with van der Waals surface area (Å²) in [5, 5.41) is 18.0. The molecule has 2 fully saturated rings. The van der Waals surface area contributed by atoms with E-state index in [1.54, 1.807) is 17.2 Å².